The second-order valence-corrected chi connectivity index (χ2v) is 6.95. The molecule has 1 aromatic heterocycles. The van der Waals surface area contributed by atoms with Gasteiger partial charge in [-0.2, -0.15) is 0 Å². The van der Waals surface area contributed by atoms with Gasteiger partial charge in [0, 0.05) is 29.5 Å². The molecule has 0 spiro atoms. The summed E-state index contributed by atoms with van der Waals surface area (Å²) in [7, 11) is 1.57. The first-order valence-corrected chi connectivity index (χ1v) is 9.18. The summed E-state index contributed by atoms with van der Waals surface area (Å²) in [6, 6.07) is 8.74. The number of hydrogen-bond donors (Lipinski definition) is 1. The van der Waals surface area contributed by atoms with Gasteiger partial charge >= 0.3 is 0 Å². The Balaban J connectivity index is 1.78. The highest BCUT2D eigenvalue weighted by Gasteiger charge is 2.34. The monoisotopic (exact) mass is 374 g/mol. The number of nitrogens with zero attached hydrogens (tertiary/aromatic N) is 2. The third-order valence-electron chi connectivity index (χ3n) is 4.85. The van der Waals surface area contributed by atoms with Crippen molar-refractivity contribution < 1.29 is 14.6 Å². The van der Waals surface area contributed by atoms with Gasteiger partial charge in [0.15, 0.2) is 0 Å². The Bertz CT molecular complexity index is 751. The number of carbonyl (C=O) groups is 1. The second-order valence-electron chi connectivity index (χ2n) is 6.52. The van der Waals surface area contributed by atoms with Gasteiger partial charge in [-0.3, -0.25) is 9.78 Å². The van der Waals surface area contributed by atoms with Crippen LogP contribution in [0.4, 0.5) is 0 Å². The van der Waals surface area contributed by atoms with Crippen LogP contribution < -0.4 is 4.74 Å². The van der Waals surface area contributed by atoms with E-state index in [1.54, 1.807) is 42.6 Å². The number of methoxy groups -OCH3 is 1. The lowest BCUT2D eigenvalue weighted by Gasteiger charge is -2.39. The molecule has 1 amide bonds. The van der Waals surface area contributed by atoms with Crippen LogP contribution >= 0.6 is 11.6 Å². The summed E-state index contributed by atoms with van der Waals surface area (Å²) in [5.74, 6) is 0.599. The fourth-order valence-electron chi connectivity index (χ4n) is 3.48. The van der Waals surface area contributed by atoms with Gasteiger partial charge < -0.3 is 14.7 Å². The molecule has 0 radical (unpaired) electrons. The number of likely N-dealkylation sites (tertiary alicyclic amines) is 1. The van der Waals surface area contributed by atoms with E-state index in [0.717, 1.165) is 24.8 Å². The fourth-order valence-corrected chi connectivity index (χ4v) is 3.61. The molecule has 2 aromatic rings. The molecule has 6 heteroatoms. The molecule has 3 rings (SSSR count). The van der Waals surface area contributed by atoms with E-state index in [-0.39, 0.29) is 11.9 Å². The molecule has 2 heterocycles. The molecule has 2 atom stereocenters. The molecule has 1 N–H and O–H groups in total. The first-order chi connectivity index (χ1) is 12.6. The van der Waals surface area contributed by atoms with E-state index in [1.807, 2.05) is 12.1 Å². The van der Waals surface area contributed by atoms with Crippen LogP contribution in [0, 0.1) is 0 Å². The van der Waals surface area contributed by atoms with Gasteiger partial charge in [0.2, 0.25) is 5.91 Å². The second kappa shape index (κ2) is 8.52. The van der Waals surface area contributed by atoms with Gasteiger partial charge in [-0.05, 0) is 43.0 Å². The Hall–Kier alpha value is -2.11. The van der Waals surface area contributed by atoms with Crippen molar-refractivity contribution in [2.75, 3.05) is 13.7 Å². The first kappa shape index (κ1) is 18.7. The van der Waals surface area contributed by atoms with Crippen molar-refractivity contribution in [3.8, 4) is 5.75 Å². The molecule has 1 aliphatic heterocycles. The van der Waals surface area contributed by atoms with E-state index in [9.17, 15) is 9.90 Å². The van der Waals surface area contributed by atoms with Crippen molar-refractivity contribution in [3.63, 3.8) is 0 Å². The Morgan fingerprint density at radius 2 is 2.12 bits per heavy atom. The molecule has 1 fully saturated rings. The number of amides is 1. The predicted octanol–water partition coefficient (Wildman–Crippen LogP) is 3.40. The van der Waals surface area contributed by atoms with E-state index < -0.39 is 6.10 Å². The summed E-state index contributed by atoms with van der Waals surface area (Å²) < 4.78 is 5.34. The number of benzene rings is 1. The highest BCUT2D eigenvalue weighted by atomic mass is 35.5. The molecule has 5 nitrogen and oxygen atoms in total. The fraction of sp³-hybridized carbons (Fsp3) is 0.400. The quantitative estimate of drug-likeness (QED) is 0.871. The van der Waals surface area contributed by atoms with E-state index in [0.29, 0.717) is 29.3 Å². The standard InChI is InChI=1S/C20H23ClN2O3/c1-26-18-9-10-22-13-16(18)20(25)17-4-2-3-11-23(17)19(24)12-14-5-7-15(21)8-6-14/h5-10,13,17,20,25H,2-4,11-12H2,1H3/t17-,20?/m1/s1. The van der Waals surface area contributed by atoms with Gasteiger partial charge in [0.25, 0.3) is 0 Å². The summed E-state index contributed by atoms with van der Waals surface area (Å²) in [5.41, 5.74) is 1.53. The van der Waals surface area contributed by atoms with Gasteiger partial charge in [-0.25, -0.2) is 0 Å². The number of aliphatic hydroxyl groups is 1. The smallest absolute Gasteiger partial charge is 0.227 e. The van der Waals surface area contributed by atoms with Crippen LogP contribution in [0.3, 0.4) is 0 Å². The van der Waals surface area contributed by atoms with Crippen LogP contribution in [0.2, 0.25) is 5.02 Å². The normalized spacial score (nSPS) is 18.4. The highest BCUT2D eigenvalue weighted by Crippen LogP contribution is 2.33. The molecule has 0 saturated carbocycles. The van der Waals surface area contributed by atoms with E-state index in [2.05, 4.69) is 4.98 Å². The van der Waals surface area contributed by atoms with Gasteiger partial charge in [0.1, 0.15) is 11.9 Å². The highest BCUT2D eigenvalue weighted by molar-refractivity contribution is 6.30. The Labute approximate surface area is 158 Å². The topological polar surface area (TPSA) is 62.7 Å². The molecule has 1 aromatic carbocycles. The predicted molar refractivity (Wildman–Crippen MR) is 100 cm³/mol. The summed E-state index contributed by atoms with van der Waals surface area (Å²) in [6.07, 6.45) is 5.39. The molecular weight excluding hydrogens is 352 g/mol. The van der Waals surface area contributed by atoms with Crippen LogP contribution in [0.5, 0.6) is 5.75 Å². The maximum absolute atomic E-state index is 12.9. The van der Waals surface area contributed by atoms with Crippen molar-refractivity contribution in [2.45, 2.75) is 37.8 Å². The van der Waals surface area contributed by atoms with Crippen LogP contribution in [0.1, 0.15) is 36.5 Å². The lowest BCUT2D eigenvalue weighted by molar-refractivity contribution is -0.137. The molecule has 1 unspecified atom stereocenters. The number of rotatable bonds is 5. The average Bonchev–Trinajstić information content (AvgIpc) is 2.69. The van der Waals surface area contributed by atoms with Crippen LogP contribution in [-0.2, 0) is 11.2 Å². The molecule has 138 valence electrons. The zero-order valence-electron chi connectivity index (χ0n) is 14.8. The van der Waals surface area contributed by atoms with Gasteiger partial charge in [-0.1, -0.05) is 23.7 Å². The zero-order valence-corrected chi connectivity index (χ0v) is 15.5. The van der Waals surface area contributed by atoms with Crippen LogP contribution in [0.15, 0.2) is 42.7 Å². The minimum absolute atomic E-state index is 0.0129. The minimum Gasteiger partial charge on any atom is -0.496 e. The summed E-state index contributed by atoms with van der Waals surface area (Å²) in [5, 5.41) is 11.6. The summed E-state index contributed by atoms with van der Waals surface area (Å²) in [4.78, 5) is 18.8. The number of piperidine rings is 1. The molecule has 1 aliphatic rings. The maximum atomic E-state index is 12.9. The average molecular weight is 375 g/mol. The number of aromatic nitrogens is 1. The number of ether oxygens (including phenoxy) is 1. The van der Waals surface area contributed by atoms with E-state index >= 15 is 0 Å². The zero-order chi connectivity index (χ0) is 18.5. The molecule has 0 bridgehead atoms. The molecule has 26 heavy (non-hydrogen) atoms. The van der Waals surface area contributed by atoms with Crippen molar-refractivity contribution in [1.82, 2.24) is 9.88 Å². The van der Waals surface area contributed by atoms with Gasteiger partial charge in [0.05, 0.1) is 19.6 Å². The third-order valence-corrected chi connectivity index (χ3v) is 5.10. The summed E-state index contributed by atoms with van der Waals surface area (Å²) in [6.45, 7) is 0.650. The van der Waals surface area contributed by atoms with E-state index in [4.69, 9.17) is 16.3 Å². The lowest BCUT2D eigenvalue weighted by atomic mass is 9.92. The Morgan fingerprint density at radius 1 is 1.35 bits per heavy atom. The maximum Gasteiger partial charge on any atom is 0.227 e. The van der Waals surface area contributed by atoms with Crippen molar-refractivity contribution in [3.05, 3.63) is 58.9 Å². The number of carbonyl (C=O) groups excluding carboxylic acids is 1. The lowest BCUT2D eigenvalue weighted by Crippen LogP contribution is -2.47. The van der Waals surface area contributed by atoms with Crippen molar-refractivity contribution in [1.29, 1.82) is 0 Å². The number of aliphatic hydroxyl groups excluding tert-OH is 1. The molecular formula is C20H23ClN2O3. The number of hydrogen-bond acceptors (Lipinski definition) is 4. The Morgan fingerprint density at radius 3 is 2.85 bits per heavy atom. The largest absolute Gasteiger partial charge is 0.496 e. The molecule has 1 saturated heterocycles. The van der Waals surface area contributed by atoms with Crippen molar-refractivity contribution >= 4 is 17.5 Å². The minimum atomic E-state index is -0.826. The van der Waals surface area contributed by atoms with Gasteiger partial charge in [-0.15, -0.1) is 0 Å². The van der Waals surface area contributed by atoms with Crippen LogP contribution in [0.25, 0.3) is 0 Å². The Kier molecular flexibility index (Phi) is 6.12. The van der Waals surface area contributed by atoms with Crippen molar-refractivity contribution in [2.24, 2.45) is 0 Å². The number of halogens is 1. The van der Waals surface area contributed by atoms with E-state index in [1.165, 1.54) is 0 Å². The summed E-state index contributed by atoms with van der Waals surface area (Å²) >= 11 is 5.91. The van der Waals surface area contributed by atoms with Crippen LogP contribution in [-0.4, -0.2) is 40.6 Å². The number of pyridine rings is 1. The first-order valence-electron chi connectivity index (χ1n) is 8.80. The SMILES string of the molecule is COc1ccncc1C(O)[C@H]1CCCCN1C(=O)Cc1ccc(Cl)cc1. The molecule has 0 aliphatic carbocycles. The third kappa shape index (κ3) is 4.17.